The van der Waals surface area contributed by atoms with Crippen LogP contribution in [-0.2, 0) is 9.59 Å². The zero-order chi connectivity index (χ0) is 14.2. The van der Waals surface area contributed by atoms with Crippen molar-refractivity contribution in [2.75, 3.05) is 6.54 Å². The first kappa shape index (κ1) is 14.4. The molecule has 0 aromatic rings. The molecule has 2 atom stereocenters. The summed E-state index contributed by atoms with van der Waals surface area (Å²) in [4.78, 5) is 26.8. The van der Waals surface area contributed by atoms with Gasteiger partial charge in [0.2, 0.25) is 11.8 Å². The molecule has 0 radical (unpaired) electrons. The Morgan fingerprint density at radius 3 is 2.47 bits per heavy atom. The highest BCUT2D eigenvalue weighted by atomic mass is 16.2. The highest BCUT2D eigenvalue weighted by Gasteiger charge is 2.47. The van der Waals surface area contributed by atoms with E-state index in [1.54, 1.807) is 13.8 Å². The third-order valence-corrected chi connectivity index (χ3v) is 4.70. The van der Waals surface area contributed by atoms with Gasteiger partial charge in [-0.1, -0.05) is 26.7 Å². The van der Waals surface area contributed by atoms with E-state index in [2.05, 4.69) is 19.2 Å². The van der Waals surface area contributed by atoms with Crippen LogP contribution in [0.4, 0.5) is 0 Å². The molecule has 1 N–H and O–H groups in total. The van der Waals surface area contributed by atoms with Gasteiger partial charge in [0.15, 0.2) is 0 Å². The van der Waals surface area contributed by atoms with Gasteiger partial charge in [0.05, 0.1) is 0 Å². The maximum atomic E-state index is 12.6. The minimum atomic E-state index is -0.759. The van der Waals surface area contributed by atoms with Crippen LogP contribution in [-0.4, -0.2) is 34.8 Å². The summed E-state index contributed by atoms with van der Waals surface area (Å²) < 4.78 is 0. The van der Waals surface area contributed by atoms with Gasteiger partial charge in [0.25, 0.3) is 0 Å². The number of hydrogen-bond acceptors (Lipinski definition) is 2. The van der Waals surface area contributed by atoms with Crippen LogP contribution in [0.5, 0.6) is 0 Å². The maximum absolute atomic E-state index is 12.6. The highest BCUT2D eigenvalue weighted by Crippen LogP contribution is 2.31. The molecule has 1 aliphatic heterocycles. The number of nitrogens with one attached hydrogen (secondary N) is 1. The van der Waals surface area contributed by atoms with Crippen LogP contribution in [0.15, 0.2) is 0 Å². The molecule has 1 saturated heterocycles. The molecule has 0 spiro atoms. The zero-order valence-electron chi connectivity index (χ0n) is 12.5. The van der Waals surface area contributed by atoms with E-state index in [9.17, 15) is 9.59 Å². The van der Waals surface area contributed by atoms with Crippen LogP contribution >= 0.6 is 0 Å². The summed E-state index contributed by atoms with van der Waals surface area (Å²) in [5.41, 5.74) is -0.759. The fourth-order valence-corrected chi connectivity index (χ4v) is 3.00. The van der Waals surface area contributed by atoms with Crippen molar-refractivity contribution in [1.82, 2.24) is 10.2 Å². The Balaban J connectivity index is 2.22. The van der Waals surface area contributed by atoms with E-state index < -0.39 is 5.54 Å². The molecular formula is C15H26N2O2. The quantitative estimate of drug-likeness (QED) is 0.845. The fraction of sp³-hybridized carbons (Fsp3) is 0.867. The van der Waals surface area contributed by atoms with Gasteiger partial charge in [0, 0.05) is 6.54 Å². The predicted octanol–water partition coefficient (Wildman–Crippen LogP) is 1.94. The number of amides is 2. The monoisotopic (exact) mass is 266 g/mol. The Bertz CT molecular complexity index is 374. The lowest BCUT2D eigenvalue weighted by Crippen LogP contribution is -2.70. The summed E-state index contributed by atoms with van der Waals surface area (Å²) in [7, 11) is 0. The topological polar surface area (TPSA) is 49.4 Å². The average Bonchev–Trinajstić information content (AvgIpc) is 2.28. The van der Waals surface area contributed by atoms with Gasteiger partial charge < -0.3 is 10.2 Å². The van der Waals surface area contributed by atoms with Gasteiger partial charge in [-0.15, -0.1) is 0 Å². The fourth-order valence-electron chi connectivity index (χ4n) is 3.00. The third kappa shape index (κ3) is 2.63. The molecular weight excluding hydrogens is 240 g/mol. The Morgan fingerprint density at radius 1 is 1.37 bits per heavy atom. The second-order valence-electron chi connectivity index (χ2n) is 6.70. The molecule has 2 fully saturated rings. The van der Waals surface area contributed by atoms with Crippen LogP contribution in [0.2, 0.25) is 0 Å². The average molecular weight is 266 g/mol. The van der Waals surface area contributed by atoms with Crippen molar-refractivity contribution >= 4 is 11.8 Å². The lowest BCUT2D eigenvalue weighted by molar-refractivity contribution is -0.157. The molecule has 0 aromatic heterocycles. The van der Waals surface area contributed by atoms with E-state index in [0.29, 0.717) is 5.92 Å². The van der Waals surface area contributed by atoms with Crippen LogP contribution in [0.3, 0.4) is 0 Å². The normalized spacial score (nSPS) is 28.8. The highest BCUT2D eigenvalue weighted by molar-refractivity contribution is 5.99. The van der Waals surface area contributed by atoms with Gasteiger partial charge in [-0.05, 0) is 38.5 Å². The number of nitrogens with zero attached hydrogens (tertiary/aromatic N) is 1. The van der Waals surface area contributed by atoms with Gasteiger partial charge in [-0.25, -0.2) is 0 Å². The molecule has 1 saturated carbocycles. The minimum Gasteiger partial charge on any atom is -0.340 e. The Morgan fingerprint density at radius 2 is 2.00 bits per heavy atom. The van der Waals surface area contributed by atoms with Crippen molar-refractivity contribution in [3.05, 3.63) is 0 Å². The van der Waals surface area contributed by atoms with E-state index in [1.165, 1.54) is 19.3 Å². The number of rotatable bonds is 4. The SMILES string of the molecule is CCC(C)C1C(=O)NC(C)(C)C(=O)N1CC1CCC1. The first-order valence-electron chi connectivity index (χ1n) is 7.50. The summed E-state index contributed by atoms with van der Waals surface area (Å²) in [5.74, 6) is 0.889. The number of hydrogen-bond donors (Lipinski definition) is 1. The first-order chi connectivity index (χ1) is 8.86. The van der Waals surface area contributed by atoms with Crippen LogP contribution < -0.4 is 5.32 Å². The van der Waals surface area contributed by atoms with Gasteiger partial charge >= 0.3 is 0 Å². The number of carbonyl (C=O) groups is 2. The van der Waals surface area contributed by atoms with E-state index in [0.717, 1.165) is 13.0 Å². The van der Waals surface area contributed by atoms with E-state index in [4.69, 9.17) is 0 Å². The van der Waals surface area contributed by atoms with Crippen LogP contribution in [0.25, 0.3) is 0 Å². The molecule has 1 heterocycles. The molecule has 2 aliphatic rings. The molecule has 0 bridgehead atoms. The van der Waals surface area contributed by atoms with Crippen LogP contribution in [0, 0.1) is 11.8 Å². The van der Waals surface area contributed by atoms with E-state index >= 15 is 0 Å². The third-order valence-electron chi connectivity index (χ3n) is 4.70. The van der Waals surface area contributed by atoms with Gasteiger partial charge in [-0.3, -0.25) is 9.59 Å². The smallest absolute Gasteiger partial charge is 0.248 e. The summed E-state index contributed by atoms with van der Waals surface area (Å²) in [6, 6.07) is -0.286. The molecule has 19 heavy (non-hydrogen) atoms. The molecule has 2 amide bonds. The zero-order valence-corrected chi connectivity index (χ0v) is 12.5. The second kappa shape index (κ2) is 5.14. The summed E-state index contributed by atoms with van der Waals surface area (Å²) in [6.07, 6.45) is 4.56. The molecule has 2 unspecified atom stereocenters. The lowest BCUT2D eigenvalue weighted by Gasteiger charge is -2.47. The van der Waals surface area contributed by atoms with Crippen molar-refractivity contribution in [3.63, 3.8) is 0 Å². The Kier molecular flexibility index (Phi) is 3.88. The van der Waals surface area contributed by atoms with E-state index in [-0.39, 0.29) is 23.8 Å². The predicted molar refractivity (Wildman–Crippen MR) is 74.5 cm³/mol. The van der Waals surface area contributed by atoms with Crippen molar-refractivity contribution < 1.29 is 9.59 Å². The molecule has 0 aromatic carbocycles. The van der Waals surface area contributed by atoms with Crippen LogP contribution in [0.1, 0.15) is 53.4 Å². The Hall–Kier alpha value is -1.06. The number of piperazine rings is 1. The van der Waals surface area contributed by atoms with Crippen molar-refractivity contribution in [2.45, 2.75) is 65.0 Å². The van der Waals surface area contributed by atoms with Gasteiger partial charge in [0.1, 0.15) is 11.6 Å². The Labute approximate surface area is 115 Å². The number of carbonyl (C=O) groups excluding carboxylic acids is 2. The summed E-state index contributed by atoms with van der Waals surface area (Å²) >= 11 is 0. The standard InChI is InChI=1S/C15H26N2O2/c1-5-10(2)12-13(18)16-15(3,4)14(19)17(12)9-11-7-6-8-11/h10-12H,5-9H2,1-4H3,(H,16,18). The largest absolute Gasteiger partial charge is 0.340 e. The van der Waals surface area contributed by atoms with Crippen molar-refractivity contribution in [3.8, 4) is 0 Å². The van der Waals surface area contributed by atoms with E-state index in [1.807, 2.05) is 4.90 Å². The first-order valence-corrected chi connectivity index (χ1v) is 7.50. The second-order valence-corrected chi connectivity index (χ2v) is 6.70. The minimum absolute atomic E-state index is 0.0123. The molecule has 108 valence electrons. The van der Waals surface area contributed by atoms with Crippen molar-refractivity contribution in [1.29, 1.82) is 0 Å². The molecule has 2 rings (SSSR count). The molecule has 4 nitrogen and oxygen atoms in total. The molecule has 4 heteroatoms. The van der Waals surface area contributed by atoms with Crippen molar-refractivity contribution in [2.24, 2.45) is 11.8 Å². The molecule has 1 aliphatic carbocycles. The van der Waals surface area contributed by atoms with Gasteiger partial charge in [-0.2, -0.15) is 0 Å². The maximum Gasteiger partial charge on any atom is 0.248 e. The lowest BCUT2D eigenvalue weighted by atomic mass is 9.82. The summed E-state index contributed by atoms with van der Waals surface area (Å²) in [6.45, 7) is 8.49. The summed E-state index contributed by atoms with van der Waals surface area (Å²) in [5, 5.41) is 2.88.